The van der Waals surface area contributed by atoms with E-state index in [1.54, 1.807) is 0 Å². The molecule has 1 N–H and O–H groups in total. The Hall–Kier alpha value is -2.41. The zero-order valence-corrected chi connectivity index (χ0v) is 18.1. The zero-order valence-electron chi connectivity index (χ0n) is 16.5. The van der Waals surface area contributed by atoms with Crippen LogP contribution < -0.4 is 5.32 Å². The van der Waals surface area contributed by atoms with Gasteiger partial charge in [-0.1, -0.05) is 23.7 Å². The van der Waals surface area contributed by atoms with Crippen molar-refractivity contribution in [2.24, 2.45) is 0 Å². The van der Waals surface area contributed by atoms with E-state index in [1.165, 1.54) is 0 Å². The fourth-order valence-corrected chi connectivity index (χ4v) is 4.29. The molecule has 4 rings (SSSR count). The van der Waals surface area contributed by atoms with Gasteiger partial charge < -0.3 is 19.7 Å². The molecule has 0 spiro atoms. The number of hydrogen-bond acceptors (Lipinski definition) is 3. The van der Waals surface area contributed by atoms with Gasteiger partial charge in [-0.15, -0.1) is 0 Å². The molecule has 0 radical (unpaired) electrons. The summed E-state index contributed by atoms with van der Waals surface area (Å²) >= 11 is 12.0. The highest BCUT2D eigenvalue weighted by atomic mass is 35.5. The van der Waals surface area contributed by atoms with Crippen molar-refractivity contribution < 1.29 is 0 Å². The van der Waals surface area contributed by atoms with Crippen LogP contribution in [0.4, 0.5) is 0 Å². The summed E-state index contributed by atoms with van der Waals surface area (Å²) in [5, 5.41) is 4.98. The van der Waals surface area contributed by atoms with E-state index in [-0.39, 0.29) is 12.1 Å². The summed E-state index contributed by atoms with van der Waals surface area (Å²) in [6.45, 7) is 1.73. The molecule has 3 heterocycles. The molecule has 0 amide bonds. The van der Waals surface area contributed by atoms with Gasteiger partial charge in [-0.3, -0.25) is 4.98 Å². The Labute approximate surface area is 181 Å². The van der Waals surface area contributed by atoms with Gasteiger partial charge in [0.05, 0.1) is 17.8 Å². The van der Waals surface area contributed by atoms with Crippen molar-refractivity contribution in [2.45, 2.75) is 12.1 Å². The Bertz CT molecular complexity index is 988. The molecule has 150 valence electrons. The zero-order chi connectivity index (χ0) is 20.4. The highest BCUT2D eigenvalue weighted by Gasteiger charge is 2.41. The maximum atomic E-state index is 6.26. The summed E-state index contributed by atoms with van der Waals surface area (Å²) in [7, 11) is 4.15. The molecule has 1 aliphatic heterocycles. The van der Waals surface area contributed by atoms with Crippen LogP contribution in [0.3, 0.4) is 0 Å². The molecule has 1 saturated heterocycles. The van der Waals surface area contributed by atoms with Gasteiger partial charge in [0.25, 0.3) is 0 Å². The van der Waals surface area contributed by atoms with Gasteiger partial charge in [0, 0.05) is 41.9 Å². The van der Waals surface area contributed by atoms with Gasteiger partial charge in [-0.25, -0.2) is 0 Å². The lowest BCUT2D eigenvalue weighted by molar-refractivity contribution is 0.272. The van der Waals surface area contributed by atoms with Crippen LogP contribution in [-0.4, -0.2) is 51.6 Å². The predicted molar refractivity (Wildman–Crippen MR) is 121 cm³/mol. The van der Waals surface area contributed by atoms with E-state index in [0.717, 1.165) is 35.3 Å². The smallest absolute Gasteiger partial charge is 0.170 e. The lowest BCUT2D eigenvalue weighted by atomic mass is 10.0. The summed E-state index contributed by atoms with van der Waals surface area (Å²) in [5.41, 5.74) is 3.16. The van der Waals surface area contributed by atoms with Crippen molar-refractivity contribution >= 4 is 28.9 Å². The summed E-state index contributed by atoms with van der Waals surface area (Å²) in [5.74, 6) is 0. The third kappa shape index (κ3) is 4.15. The fourth-order valence-electron chi connectivity index (χ4n) is 3.77. The number of thiocarbonyl (C=S) groups is 1. The monoisotopic (exact) mass is 425 g/mol. The number of nitrogens with one attached hydrogen (secondary N) is 1. The predicted octanol–water partition coefficient (Wildman–Crippen LogP) is 4.06. The number of pyridine rings is 1. The number of aromatic nitrogens is 2. The molecule has 7 heteroatoms. The Morgan fingerprint density at radius 1 is 1.14 bits per heavy atom. The second-order valence-electron chi connectivity index (χ2n) is 7.41. The second-order valence-corrected chi connectivity index (χ2v) is 8.23. The van der Waals surface area contributed by atoms with Gasteiger partial charge in [0.1, 0.15) is 0 Å². The van der Waals surface area contributed by atoms with Crippen LogP contribution in [0.5, 0.6) is 0 Å². The molecule has 2 aromatic heterocycles. The minimum absolute atomic E-state index is 0.0198. The summed E-state index contributed by atoms with van der Waals surface area (Å²) < 4.78 is 2.19. The topological polar surface area (TPSA) is 36.3 Å². The van der Waals surface area contributed by atoms with Crippen molar-refractivity contribution in [1.82, 2.24) is 24.7 Å². The van der Waals surface area contributed by atoms with E-state index >= 15 is 0 Å². The minimum Gasteiger partial charge on any atom is -0.352 e. The van der Waals surface area contributed by atoms with E-state index in [4.69, 9.17) is 23.8 Å². The molecule has 1 aromatic carbocycles. The molecular weight excluding hydrogens is 402 g/mol. The molecule has 1 aliphatic rings. The Morgan fingerprint density at radius 3 is 2.72 bits per heavy atom. The first-order chi connectivity index (χ1) is 14.0. The Balaban J connectivity index is 1.78. The average Bonchev–Trinajstić information content (AvgIpc) is 3.31. The summed E-state index contributed by atoms with van der Waals surface area (Å²) in [4.78, 5) is 9.05. The molecule has 0 aliphatic carbocycles. The number of rotatable bonds is 6. The largest absolute Gasteiger partial charge is 0.352 e. The van der Waals surface area contributed by atoms with Crippen LogP contribution in [-0.2, 0) is 0 Å². The van der Waals surface area contributed by atoms with E-state index in [0.29, 0.717) is 5.02 Å². The van der Waals surface area contributed by atoms with Crippen LogP contribution in [0.1, 0.15) is 23.5 Å². The van der Waals surface area contributed by atoms with Gasteiger partial charge in [-0.2, -0.15) is 0 Å². The average molecular weight is 426 g/mol. The molecule has 3 aromatic rings. The molecule has 29 heavy (non-hydrogen) atoms. The normalized spacial score (nSPS) is 19.0. The molecule has 0 bridgehead atoms. The van der Waals surface area contributed by atoms with Gasteiger partial charge in [0.2, 0.25) is 0 Å². The standard InChI is InChI=1S/C22H24ClN5S/c1-26(2)13-14-28-21(20(25-22(28)29)18-9-3-4-11-24-18)19-10-6-12-27(19)17-8-5-7-16(23)15-17/h3-12,15,20-21H,13-14H2,1-2H3,(H,25,29)/t20-,21-/m0/s1. The van der Waals surface area contributed by atoms with Crippen molar-refractivity contribution in [3.05, 3.63) is 83.4 Å². The molecule has 0 unspecified atom stereocenters. The third-order valence-corrected chi connectivity index (χ3v) is 5.74. The number of benzene rings is 1. The van der Waals surface area contributed by atoms with E-state index in [1.807, 2.05) is 36.5 Å². The first-order valence-electron chi connectivity index (χ1n) is 9.60. The van der Waals surface area contributed by atoms with E-state index < -0.39 is 0 Å². The van der Waals surface area contributed by atoms with Crippen molar-refractivity contribution in [1.29, 1.82) is 0 Å². The van der Waals surface area contributed by atoms with Crippen molar-refractivity contribution in [2.75, 3.05) is 27.2 Å². The minimum atomic E-state index is -0.0290. The van der Waals surface area contributed by atoms with Crippen LogP contribution in [0.15, 0.2) is 67.0 Å². The molecular formula is C22H24ClN5S. The Kier molecular flexibility index (Phi) is 5.85. The summed E-state index contributed by atoms with van der Waals surface area (Å²) in [6, 6.07) is 18.1. The maximum absolute atomic E-state index is 6.26. The third-order valence-electron chi connectivity index (χ3n) is 5.16. The van der Waals surface area contributed by atoms with Crippen molar-refractivity contribution in [3.8, 4) is 5.69 Å². The highest BCUT2D eigenvalue weighted by molar-refractivity contribution is 7.80. The van der Waals surface area contributed by atoms with Gasteiger partial charge >= 0.3 is 0 Å². The number of hydrogen-bond donors (Lipinski definition) is 1. The van der Waals surface area contributed by atoms with Crippen LogP contribution in [0.2, 0.25) is 5.02 Å². The van der Waals surface area contributed by atoms with Gasteiger partial charge in [-0.05, 0) is 68.8 Å². The maximum Gasteiger partial charge on any atom is 0.170 e. The molecule has 2 atom stereocenters. The van der Waals surface area contributed by atoms with Crippen LogP contribution in [0, 0.1) is 0 Å². The second kappa shape index (κ2) is 8.53. The van der Waals surface area contributed by atoms with Crippen LogP contribution in [0.25, 0.3) is 5.69 Å². The first kappa shape index (κ1) is 19.9. The van der Waals surface area contributed by atoms with Crippen LogP contribution >= 0.6 is 23.8 Å². The lowest BCUT2D eigenvalue weighted by Gasteiger charge is -2.29. The lowest BCUT2D eigenvalue weighted by Crippen LogP contribution is -2.36. The SMILES string of the molecule is CN(C)CCN1C(=S)N[C@@H](c2ccccn2)[C@@H]1c1cccn1-c1cccc(Cl)c1. The number of halogens is 1. The first-order valence-corrected chi connectivity index (χ1v) is 10.4. The number of likely N-dealkylation sites (N-methyl/N-ethyl adjacent to an activating group) is 1. The van der Waals surface area contributed by atoms with E-state index in [9.17, 15) is 0 Å². The molecule has 5 nitrogen and oxygen atoms in total. The molecule has 0 saturated carbocycles. The van der Waals surface area contributed by atoms with E-state index in [2.05, 4.69) is 69.2 Å². The quantitative estimate of drug-likeness (QED) is 0.602. The van der Waals surface area contributed by atoms with Crippen molar-refractivity contribution in [3.63, 3.8) is 0 Å². The highest BCUT2D eigenvalue weighted by Crippen LogP contribution is 2.39. The van der Waals surface area contributed by atoms with Gasteiger partial charge in [0.15, 0.2) is 5.11 Å². The fraction of sp³-hybridized carbons (Fsp3) is 0.273. The Morgan fingerprint density at radius 2 is 2.00 bits per heavy atom. The summed E-state index contributed by atoms with van der Waals surface area (Å²) in [6.07, 6.45) is 3.90. The molecule has 1 fully saturated rings. The number of nitrogens with zero attached hydrogens (tertiary/aromatic N) is 4.